The molecule has 0 amide bonds. The minimum Gasteiger partial charge on any atom is -0.340 e. The maximum absolute atomic E-state index is 4.40. The third kappa shape index (κ3) is 3.53. The Morgan fingerprint density at radius 2 is 1.79 bits per heavy atom. The van der Waals surface area contributed by atoms with Crippen molar-refractivity contribution in [3.05, 3.63) is 46.3 Å². The van der Waals surface area contributed by atoms with E-state index in [1.165, 1.54) is 5.56 Å². The summed E-state index contributed by atoms with van der Waals surface area (Å²) in [5.41, 5.74) is 2.44. The molecule has 0 spiro atoms. The van der Waals surface area contributed by atoms with Gasteiger partial charge < -0.3 is 5.32 Å². The van der Waals surface area contributed by atoms with Crippen LogP contribution in [0.3, 0.4) is 0 Å². The summed E-state index contributed by atoms with van der Waals surface area (Å²) in [5, 5.41) is 3.38. The molecule has 0 radical (unpaired) electrons. The summed E-state index contributed by atoms with van der Waals surface area (Å²) in [6.07, 6.45) is 0. The zero-order valence-corrected chi connectivity index (χ0v) is 13.2. The number of aryl methyl sites for hydroxylation is 1. The zero-order chi connectivity index (χ0) is 14.0. The van der Waals surface area contributed by atoms with Crippen LogP contribution in [0.15, 0.2) is 34.9 Å². The van der Waals surface area contributed by atoms with Gasteiger partial charge in [-0.05, 0) is 39.9 Å². The largest absolute Gasteiger partial charge is 0.340 e. The van der Waals surface area contributed by atoms with E-state index >= 15 is 0 Å². The molecule has 1 N–H and O–H groups in total. The molecule has 1 heterocycles. The van der Waals surface area contributed by atoms with Gasteiger partial charge in [0.05, 0.1) is 0 Å². The first-order chi connectivity index (χ1) is 8.86. The Hall–Kier alpha value is -1.42. The summed E-state index contributed by atoms with van der Waals surface area (Å²) in [6, 6.07) is 10.2. The van der Waals surface area contributed by atoms with E-state index in [4.69, 9.17) is 0 Å². The molecule has 0 atom stereocenters. The number of para-hydroxylation sites is 1. The maximum Gasteiger partial charge on any atom is 0.135 e. The molecule has 0 saturated carbocycles. The molecular formula is C15H18BrN3. The lowest BCUT2D eigenvalue weighted by atomic mass is 9.86. The molecule has 3 nitrogen and oxygen atoms in total. The van der Waals surface area contributed by atoms with Crippen LogP contribution in [0, 0.1) is 6.92 Å². The fraction of sp³-hybridized carbons (Fsp3) is 0.333. The number of halogens is 1. The molecule has 0 aliphatic carbocycles. The van der Waals surface area contributed by atoms with Gasteiger partial charge in [0, 0.05) is 11.8 Å². The molecule has 4 heteroatoms. The minimum atomic E-state index is 0.0862. The molecule has 0 aliphatic heterocycles. The number of hydrogen-bond donors (Lipinski definition) is 1. The first kappa shape index (κ1) is 14.0. The Bertz CT molecular complexity index is 568. The van der Waals surface area contributed by atoms with Crippen LogP contribution in [0.1, 0.15) is 32.2 Å². The first-order valence-corrected chi connectivity index (χ1v) is 7.03. The lowest BCUT2D eigenvalue weighted by molar-refractivity contribution is 0.592. The lowest BCUT2D eigenvalue weighted by Gasteiger charge is -2.23. The smallest absolute Gasteiger partial charge is 0.135 e. The SMILES string of the molecule is Cc1nc(Br)cc(Nc2ccccc2C(C)(C)C)n1. The van der Waals surface area contributed by atoms with Gasteiger partial charge in [0.1, 0.15) is 16.2 Å². The topological polar surface area (TPSA) is 37.8 Å². The highest BCUT2D eigenvalue weighted by Crippen LogP contribution is 2.31. The molecule has 2 aromatic rings. The second-order valence-corrected chi connectivity index (χ2v) is 6.36. The van der Waals surface area contributed by atoms with E-state index in [1.807, 2.05) is 19.1 Å². The van der Waals surface area contributed by atoms with Crippen LogP contribution in [-0.4, -0.2) is 9.97 Å². The van der Waals surface area contributed by atoms with Crippen molar-refractivity contribution in [3.63, 3.8) is 0 Å². The molecule has 0 bridgehead atoms. The predicted molar refractivity (Wildman–Crippen MR) is 82.9 cm³/mol. The second-order valence-electron chi connectivity index (χ2n) is 5.54. The van der Waals surface area contributed by atoms with Crippen LogP contribution < -0.4 is 5.32 Å². The van der Waals surface area contributed by atoms with Crippen LogP contribution in [0.5, 0.6) is 0 Å². The summed E-state index contributed by atoms with van der Waals surface area (Å²) < 4.78 is 0.788. The van der Waals surface area contributed by atoms with Crippen molar-refractivity contribution in [1.82, 2.24) is 9.97 Å². The molecule has 1 aromatic carbocycles. The summed E-state index contributed by atoms with van der Waals surface area (Å²) in [4.78, 5) is 8.61. The van der Waals surface area contributed by atoms with E-state index in [0.29, 0.717) is 0 Å². The summed E-state index contributed by atoms with van der Waals surface area (Å²) >= 11 is 3.39. The molecule has 0 unspecified atom stereocenters. The minimum absolute atomic E-state index is 0.0862. The number of benzene rings is 1. The molecule has 100 valence electrons. The predicted octanol–water partition coefficient (Wildman–Crippen LogP) is 4.59. The Balaban J connectivity index is 2.38. The molecule has 0 saturated heterocycles. The third-order valence-corrected chi connectivity index (χ3v) is 3.21. The van der Waals surface area contributed by atoms with Gasteiger partial charge in [-0.2, -0.15) is 0 Å². The maximum atomic E-state index is 4.40. The quantitative estimate of drug-likeness (QED) is 0.823. The van der Waals surface area contributed by atoms with Crippen LogP contribution in [0.4, 0.5) is 11.5 Å². The summed E-state index contributed by atoms with van der Waals surface area (Å²) in [7, 11) is 0. The van der Waals surface area contributed by atoms with Gasteiger partial charge in [-0.3, -0.25) is 0 Å². The Morgan fingerprint density at radius 3 is 2.42 bits per heavy atom. The number of nitrogens with one attached hydrogen (secondary N) is 1. The van der Waals surface area contributed by atoms with Crippen LogP contribution in [0.25, 0.3) is 0 Å². The molecular weight excluding hydrogens is 302 g/mol. The van der Waals surface area contributed by atoms with E-state index in [1.54, 1.807) is 0 Å². The van der Waals surface area contributed by atoms with Gasteiger partial charge in [0.15, 0.2) is 0 Å². The first-order valence-electron chi connectivity index (χ1n) is 6.24. The van der Waals surface area contributed by atoms with E-state index in [2.05, 4.69) is 70.2 Å². The number of aromatic nitrogens is 2. The average Bonchev–Trinajstić information content (AvgIpc) is 2.26. The summed E-state index contributed by atoms with van der Waals surface area (Å²) in [5.74, 6) is 1.54. The van der Waals surface area contributed by atoms with Crippen molar-refractivity contribution >= 4 is 27.4 Å². The van der Waals surface area contributed by atoms with Crippen molar-refractivity contribution < 1.29 is 0 Å². The highest BCUT2D eigenvalue weighted by Gasteiger charge is 2.17. The van der Waals surface area contributed by atoms with Gasteiger partial charge in [0.25, 0.3) is 0 Å². The van der Waals surface area contributed by atoms with Gasteiger partial charge >= 0.3 is 0 Å². The number of hydrogen-bond acceptors (Lipinski definition) is 3. The number of anilines is 2. The molecule has 0 fully saturated rings. The van der Waals surface area contributed by atoms with Crippen molar-refractivity contribution in [3.8, 4) is 0 Å². The normalized spacial score (nSPS) is 11.4. The standard InChI is InChI=1S/C15H18BrN3/c1-10-17-13(16)9-14(18-10)19-12-8-6-5-7-11(12)15(2,3)4/h5-9H,1-4H3,(H,17,18,19). The molecule has 1 aromatic heterocycles. The van der Waals surface area contributed by atoms with E-state index in [9.17, 15) is 0 Å². The molecule has 19 heavy (non-hydrogen) atoms. The molecule has 0 aliphatic rings. The van der Waals surface area contributed by atoms with Crippen LogP contribution in [0.2, 0.25) is 0 Å². The fourth-order valence-corrected chi connectivity index (χ4v) is 2.45. The summed E-state index contributed by atoms with van der Waals surface area (Å²) in [6.45, 7) is 8.49. The van der Waals surface area contributed by atoms with Crippen molar-refractivity contribution in [2.75, 3.05) is 5.32 Å². The van der Waals surface area contributed by atoms with Crippen molar-refractivity contribution in [2.45, 2.75) is 33.1 Å². The van der Waals surface area contributed by atoms with Gasteiger partial charge in [-0.15, -0.1) is 0 Å². The van der Waals surface area contributed by atoms with Crippen LogP contribution in [-0.2, 0) is 5.41 Å². The van der Waals surface area contributed by atoms with E-state index in [0.717, 1.165) is 21.9 Å². The lowest BCUT2D eigenvalue weighted by Crippen LogP contribution is -2.13. The van der Waals surface area contributed by atoms with Gasteiger partial charge in [-0.25, -0.2) is 9.97 Å². The highest BCUT2D eigenvalue weighted by atomic mass is 79.9. The van der Waals surface area contributed by atoms with Crippen LogP contribution >= 0.6 is 15.9 Å². The highest BCUT2D eigenvalue weighted by molar-refractivity contribution is 9.10. The fourth-order valence-electron chi connectivity index (χ4n) is 1.98. The van der Waals surface area contributed by atoms with Gasteiger partial charge in [-0.1, -0.05) is 39.0 Å². The molecule has 2 rings (SSSR count). The Kier molecular flexibility index (Phi) is 3.90. The Morgan fingerprint density at radius 1 is 1.11 bits per heavy atom. The van der Waals surface area contributed by atoms with E-state index in [-0.39, 0.29) is 5.41 Å². The van der Waals surface area contributed by atoms with E-state index < -0.39 is 0 Å². The second kappa shape index (κ2) is 5.29. The average molecular weight is 320 g/mol. The Labute approximate surface area is 122 Å². The number of rotatable bonds is 2. The van der Waals surface area contributed by atoms with Gasteiger partial charge in [0.2, 0.25) is 0 Å². The zero-order valence-electron chi connectivity index (χ0n) is 11.7. The third-order valence-electron chi connectivity index (χ3n) is 2.80. The van der Waals surface area contributed by atoms with Crippen molar-refractivity contribution in [1.29, 1.82) is 0 Å². The van der Waals surface area contributed by atoms with Crippen molar-refractivity contribution in [2.24, 2.45) is 0 Å². The number of nitrogens with zero attached hydrogens (tertiary/aromatic N) is 2. The monoisotopic (exact) mass is 319 g/mol.